The first kappa shape index (κ1) is 17.9. The Kier molecular flexibility index (Phi) is 6.07. The monoisotopic (exact) mass is 368 g/mol. The van der Waals surface area contributed by atoms with Gasteiger partial charge in [-0.3, -0.25) is 0 Å². The molecule has 0 amide bonds. The third kappa shape index (κ3) is 3.92. The zero-order valence-electron chi connectivity index (χ0n) is 12.3. The van der Waals surface area contributed by atoms with Gasteiger partial charge in [-0.1, -0.05) is 23.2 Å². The molecule has 124 valence electrons. The van der Waals surface area contributed by atoms with Gasteiger partial charge in [0.15, 0.2) is 0 Å². The Bertz CT molecular complexity index is 609. The number of rotatable bonds is 5. The van der Waals surface area contributed by atoms with Gasteiger partial charge in [0.2, 0.25) is 10.0 Å². The van der Waals surface area contributed by atoms with E-state index in [0.29, 0.717) is 19.0 Å². The molecule has 1 aromatic carbocycles. The molecule has 1 aliphatic heterocycles. The van der Waals surface area contributed by atoms with E-state index >= 15 is 0 Å². The lowest BCUT2D eigenvalue weighted by Gasteiger charge is -2.31. The van der Waals surface area contributed by atoms with Gasteiger partial charge >= 0.3 is 0 Å². The average Bonchev–Trinajstić information content (AvgIpc) is 2.44. The topological polar surface area (TPSA) is 49.4 Å². The predicted molar refractivity (Wildman–Crippen MR) is 86.4 cm³/mol. The normalized spacial score (nSPS) is 17.8. The SMILES string of the molecule is CNCCC1CCN(S(=O)(=O)c2c(Cl)cc(F)cc2Cl)CC1. The zero-order valence-corrected chi connectivity index (χ0v) is 14.6. The molecule has 0 unspecified atom stereocenters. The van der Waals surface area contributed by atoms with Crippen LogP contribution in [-0.4, -0.2) is 39.4 Å². The number of benzene rings is 1. The molecule has 0 spiro atoms. The maximum atomic E-state index is 13.2. The van der Waals surface area contributed by atoms with Gasteiger partial charge in [-0.15, -0.1) is 0 Å². The van der Waals surface area contributed by atoms with Crippen LogP contribution < -0.4 is 5.32 Å². The molecule has 0 aromatic heterocycles. The van der Waals surface area contributed by atoms with E-state index in [4.69, 9.17) is 23.2 Å². The molecule has 2 rings (SSSR count). The molecule has 1 aliphatic rings. The minimum absolute atomic E-state index is 0.178. The van der Waals surface area contributed by atoms with Crippen molar-refractivity contribution in [2.75, 3.05) is 26.7 Å². The fourth-order valence-corrected chi connectivity index (χ4v) is 5.30. The summed E-state index contributed by atoms with van der Waals surface area (Å²) < 4.78 is 40.0. The van der Waals surface area contributed by atoms with Crippen molar-refractivity contribution in [3.05, 3.63) is 28.0 Å². The van der Waals surface area contributed by atoms with Gasteiger partial charge in [-0.05, 0) is 50.9 Å². The van der Waals surface area contributed by atoms with Crippen LogP contribution >= 0.6 is 23.2 Å². The van der Waals surface area contributed by atoms with E-state index in [-0.39, 0.29) is 14.9 Å². The third-order valence-corrected chi connectivity index (χ3v) is 6.76. The number of hydrogen-bond donors (Lipinski definition) is 1. The Balaban J connectivity index is 2.16. The maximum absolute atomic E-state index is 13.2. The van der Waals surface area contributed by atoms with Crippen LogP contribution in [0.25, 0.3) is 0 Å². The maximum Gasteiger partial charge on any atom is 0.246 e. The molecule has 0 bridgehead atoms. The van der Waals surface area contributed by atoms with Crippen LogP contribution in [0.1, 0.15) is 19.3 Å². The molecular formula is C14H19Cl2FN2O2S. The van der Waals surface area contributed by atoms with E-state index < -0.39 is 15.8 Å². The number of hydrogen-bond acceptors (Lipinski definition) is 3. The molecule has 4 nitrogen and oxygen atoms in total. The Hall–Kier alpha value is -0.400. The van der Waals surface area contributed by atoms with Gasteiger partial charge < -0.3 is 5.32 Å². The average molecular weight is 369 g/mol. The Morgan fingerprint density at radius 1 is 1.27 bits per heavy atom. The summed E-state index contributed by atoms with van der Waals surface area (Å²) in [5.41, 5.74) is 0. The quantitative estimate of drug-likeness (QED) is 0.868. The van der Waals surface area contributed by atoms with E-state index in [2.05, 4.69) is 5.32 Å². The highest BCUT2D eigenvalue weighted by Crippen LogP contribution is 2.34. The lowest BCUT2D eigenvalue weighted by molar-refractivity contribution is 0.263. The molecular weight excluding hydrogens is 350 g/mol. The van der Waals surface area contributed by atoms with Crippen molar-refractivity contribution in [2.24, 2.45) is 5.92 Å². The van der Waals surface area contributed by atoms with Gasteiger partial charge in [0.05, 0.1) is 10.0 Å². The fraction of sp³-hybridized carbons (Fsp3) is 0.571. The molecule has 0 radical (unpaired) electrons. The Morgan fingerprint density at radius 2 is 1.82 bits per heavy atom. The lowest BCUT2D eigenvalue weighted by atomic mass is 9.95. The molecule has 0 aliphatic carbocycles. The van der Waals surface area contributed by atoms with Crippen LogP contribution in [-0.2, 0) is 10.0 Å². The van der Waals surface area contributed by atoms with Crippen molar-refractivity contribution in [3.8, 4) is 0 Å². The number of nitrogens with zero attached hydrogens (tertiary/aromatic N) is 1. The van der Waals surface area contributed by atoms with Gasteiger partial charge in [0, 0.05) is 13.1 Å². The minimum Gasteiger partial charge on any atom is -0.320 e. The second kappa shape index (κ2) is 7.45. The van der Waals surface area contributed by atoms with Gasteiger partial charge in [0.25, 0.3) is 0 Å². The highest BCUT2D eigenvalue weighted by molar-refractivity contribution is 7.89. The molecule has 1 fully saturated rings. The first-order chi connectivity index (χ1) is 10.4. The van der Waals surface area contributed by atoms with Crippen molar-refractivity contribution in [3.63, 3.8) is 0 Å². The first-order valence-electron chi connectivity index (χ1n) is 7.15. The largest absolute Gasteiger partial charge is 0.320 e. The number of sulfonamides is 1. The Morgan fingerprint density at radius 3 is 2.32 bits per heavy atom. The third-order valence-electron chi connectivity index (χ3n) is 3.94. The van der Waals surface area contributed by atoms with E-state index in [1.165, 1.54) is 4.31 Å². The summed E-state index contributed by atoms with van der Waals surface area (Å²) in [4.78, 5) is -0.203. The molecule has 0 saturated carbocycles. The van der Waals surface area contributed by atoms with Gasteiger partial charge in [-0.25, -0.2) is 12.8 Å². The fourth-order valence-electron chi connectivity index (χ4n) is 2.69. The van der Waals surface area contributed by atoms with Gasteiger partial charge in [0.1, 0.15) is 10.7 Å². The molecule has 22 heavy (non-hydrogen) atoms. The van der Waals surface area contributed by atoms with Crippen LogP contribution in [0.15, 0.2) is 17.0 Å². The zero-order chi connectivity index (χ0) is 16.3. The van der Waals surface area contributed by atoms with E-state index in [1.54, 1.807) is 0 Å². The minimum atomic E-state index is -3.80. The number of halogens is 3. The molecule has 1 aromatic rings. The van der Waals surface area contributed by atoms with Crippen LogP contribution in [0, 0.1) is 11.7 Å². The lowest BCUT2D eigenvalue weighted by Crippen LogP contribution is -2.39. The summed E-state index contributed by atoms with van der Waals surface area (Å²) in [5.74, 6) is -0.141. The Labute approximate surface area is 140 Å². The molecule has 0 atom stereocenters. The summed E-state index contributed by atoms with van der Waals surface area (Å²) in [6.45, 7) is 1.79. The van der Waals surface area contributed by atoms with E-state index in [1.807, 2.05) is 7.05 Å². The second-order valence-electron chi connectivity index (χ2n) is 5.44. The summed E-state index contributed by atoms with van der Waals surface area (Å²) in [6, 6.07) is 1.94. The van der Waals surface area contributed by atoms with Crippen molar-refractivity contribution in [2.45, 2.75) is 24.2 Å². The van der Waals surface area contributed by atoms with Crippen molar-refractivity contribution >= 4 is 33.2 Å². The van der Waals surface area contributed by atoms with Crippen molar-refractivity contribution < 1.29 is 12.8 Å². The van der Waals surface area contributed by atoms with Crippen LogP contribution in [0.5, 0.6) is 0 Å². The molecule has 1 heterocycles. The molecule has 8 heteroatoms. The summed E-state index contributed by atoms with van der Waals surface area (Å²) in [5, 5.41) is 2.74. The summed E-state index contributed by atoms with van der Waals surface area (Å²) >= 11 is 11.8. The molecule has 1 saturated heterocycles. The van der Waals surface area contributed by atoms with Crippen LogP contribution in [0.2, 0.25) is 10.0 Å². The summed E-state index contributed by atoms with van der Waals surface area (Å²) in [7, 11) is -1.90. The van der Waals surface area contributed by atoms with Crippen LogP contribution in [0.3, 0.4) is 0 Å². The van der Waals surface area contributed by atoms with Crippen LogP contribution in [0.4, 0.5) is 4.39 Å². The summed E-state index contributed by atoms with van der Waals surface area (Å²) in [6.07, 6.45) is 2.64. The predicted octanol–water partition coefficient (Wildman–Crippen LogP) is 3.14. The van der Waals surface area contributed by atoms with Gasteiger partial charge in [-0.2, -0.15) is 4.31 Å². The standard InChI is InChI=1S/C14H19Cl2FN2O2S/c1-18-5-2-10-3-6-19(7-4-10)22(20,21)14-12(15)8-11(17)9-13(14)16/h8-10,18H,2-7H2,1H3. The first-order valence-corrected chi connectivity index (χ1v) is 9.35. The highest BCUT2D eigenvalue weighted by Gasteiger charge is 2.32. The van der Waals surface area contributed by atoms with Crippen molar-refractivity contribution in [1.82, 2.24) is 9.62 Å². The molecule has 1 N–H and O–H groups in total. The van der Waals surface area contributed by atoms with Crippen molar-refractivity contribution in [1.29, 1.82) is 0 Å². The number of nitrogens with one attached hydrogen (secondary N) is 1. The van der Waals surface area contributed by atoms with E-state index in [9.17, 15) is 12.8 Å². The number of piperidine rings is 1. The van der Waals surface area contributed by atoms with E-state index in [0.717, 1.165) is 37.9 Å². The smallest absolute Gasteiger partial charge is 0.246 e. The second-order valence-corrected chi connectivity index (χ2v) is 8.13. The highest BCUT2D eigenvalue weighted by atomic mass is 35.5.